The van der Waals surface area contributed by atoms with E-state index >= 15 is 0 Å². The third-order valence-electron chi connectivity index (χ3n) is 3.07. The highest BCUT2D eigenvalue weighted by Gasteiger charge is 2.20. The van der Waals surface area contributed by atoms with Crippen molar-refractivity contribution in [1.82, 2.24) is 0 Å². The highest BCUT2D eigenvalue weighted by atomic mass is 16.5. The van der Waals surface area contributed by atoms with E-state index in [2.05, 4.69) is 24.3 Å². The minimum atomic E-state index is -0.618. The van der Waals surface area contributed by atoms with Crippen LogP contribution in [0.3, 0.4) is 0 Å². The summed E-state index contributed by atoms with van der Waals surface area (Å²) in [7, 11) is 0. The van der Waals surface area contributed by atoms with Crippen molar-refractivity contribution >= 4 is 5.97 Å². The first-order valence-electron chi connectivity index (χ1n) is 6.65. The summed E-state index contributed by atoms with van der Waals surface area (Å²) in [4.78, 5) is 11.5. The Morgan fingerprint density at radius 2 is 2.22 bits per heavy atom. The Bertz CT molecular complexity index is 352. The lowest BCUT2D eigenvalue weighted by atomic mass is 9.92. The third-order valence-corrected chi connectivity index (χ3v) is 3.07. The average Bonchev–Trinajstić information content (AvgIpc) is 2.32. The van der Waals surface area contributed by atoms with Crippen LogP contribution in [0.25, 0.3) is 0 Å². The smallest absolute Gasteiger partial charge is 0.323 e. The molecule has 1 aliphatic carbocycles. The molecule has 0 aromatic carbocycles. The van der Waals surface area contributed by atoms with Gasteiger partial charge in [0.05, 0.1) is 12.7 Å². The first-order chi connectivity index (χ1) is 8.77. The molecule has 0 saturated carbocycles. The summed E-state index contributed by atoms with van der Waals surface area (Å²) in [5, 5.41) is 8.97. The van der Waals surface area contributed by atoms with Gasteiger partial charge in [-0.05, 0) is 44.9 Å². The minimum Gasteiger partial charge on any atom is -0.465 e. The molecule has 0 spiro atoms. The van der Waals surface area contributed by atoms with Crippen LogP contribution in [-0.2, 0) is 9.53 Å². The topological polar surface area (TPSA) is 50.1 Å². The second-order valence-electron chi connectivity index (χ2n) is 4.48. The number of carbonyl (C=O) groups is 1. The first-order valence-corrected chi connectivity index (χ1v) is 6.65. The van der Waals surface area contributed by atoms with E-state index in [1.807, 2.05) is 6.07 Å². The highest BCUT2D eigenvalue weighted by Crippen LogP contribution is 2.20. The molecule has 0 aromatic heterocycles. The van der Waals surface area contributed by atoms with Gasteiger partial charge >= 0.3 is 5.97 Å². The van der Waals surface area contributed by atoms with Crippen molar-refractivity contribution in [2.45, 2.75) is 39.0 Å². The molecule has 1 aliphatic rings. The molecule has 0 N–H and O–H groups in total. The summed E-state index contributed by atoms with van der Waals surface area (Å²) in [5.74, 6) is -0.565. The van der Waals surface area contributed by atoms with Crippen molar-refractivity contribution < 1.29 is 9.53 Å². The van der Waals surface area contributed by atoms with Crippen molar-refractivity contribution in [3.63, 3.8) is 0 Å². The van der Waals surface area contributed by atoms with E-state index in [1.165, 1.54) is 0 Å². The normalized spacial score (nSPS) is 24.1. The molecule has 0 aromatic rings. The Morgan fingerprint density at radius 3 is 2.94 bits per heavy atom. The zero-order valence-electron chi connectivity index (χ0n) is 11.0. The summed E-state index contributed by atoms with van der Waals surface area (Å²) in [6.45, 7) is 2.09. The SMILES string of the molecule is CCOC(=O)C(C#N)CCC1/C=C\CC/C=C\C1. The molecule has 3 nitrogen and oxygen atoms in total. The second-order valence-corrected chi connectivity index (χ2v) is 4.48. The van der Waals surface area contributed by atoms with Gasteiger partial charge < -0.3 is 4.74 Å². The number of esters is 1. The van der Waals surface area contributed by atoms with Gasteiger partial charge in [0.15, 0.2) is 0 Å². The van der Waals surface area contributed by atoms with Gasteiger partial charge in [0.25, 0.3) is 0 Å². The van der Waals surface area contributed by atoms with Crippen LogP contribution in [0.15, 0.2) is 24.3 Å². The van der Waals surface area contributed by atoms with E-state index in [1.54, 1.807) is 6.92 Å². The first kappa shape index (κ1) is 14.5. The van der Waals surface area contributed by atoms with Gasteiger partial charge in [0.1, 0.15) is 5.92 Å². The number of hydrogen-bond acceptors (Lipinski definition) is 3. The third kappa shape index (κ3) is 5.18. The van der Waals surface area contributed by atoms with Crippen molar-refractivity contribution in [3.8, 4) is 6.07 Å². The number of nitriles is 1. The van der Waals surface area contributed by atoms with Crippen LogP contribution in [0, 0.1) is 23.2 Å². The van der Waals surface area contributed by atoms with E-state index in [-0.39, 0.29) is 5.97 Å². The fourth-order valence-corrected chi connectivity index (χ4v) is 2.02. The summed E-state index contributed by atoms with van der Waals surface area (Å²) in [6.07, 6.45) is 13.4. The Kier molecular flexibility index (Phi) is 6.86. The van der Waals surface area contributed by atoms with Crippen LogP contribution in [0.2, 0.25) is 0 Å². The molecular formula is C15H21NO2. The Morgan fingerprint density at radius 1 is 1.44 bits per heavy atom. The van der Waals surface area contributed by atoms with Crippen LogP contribution in [0.1, 0.15) is 39.0 Å². The Labute approximate surface area is 109 Å². The van der Waals surface area contributed by atoms with Crippen LogP contribution in [0.5, 0.6) is 0 Å². The monoisotopic (exact) mass is 247 g/mol. The molecular weight excluding hydrogens is 226 g/mol. The number of carbonyl (C=O) groups excluding carboxylic acids is 1. The number of nitrogens with zero attached hydrogens (tertiary/aromatic N) is 1. The van der Waals surface area contributed by atoms with Gasteiger partial charge in [-0.1, -0.05) is 24.3 Å². The van der Waals surface area contributed by atoms with Crippen LogP contribution < -0.4 is 0 Å². The zero-order valence-corrected chi connectivity index (χ0v) is 11.0. The number of allylic oxidation sites excluding steroid dienone is 4. The van der Waals surface area contributed by atoms with Crippen LogP contribution >= 0.6 is 0 Å². The molecule has 3 heteroatoms. The van der Waals surface area contributed by atoms with Gasteiger partial charge in [0.2, 0.25) is 0 Å². The van der Waals surface area contributed by atoms with Crippen LogP contribution in [0.4, 0.5) is 0 Å². The molecule has 0 radical (unpaired) electrons. The fourth-order valence-electron chi connectivity index (χ4n) is 2.02. The van der Waals surface area contributed by atoms with Gasteiger partial charge in [-0.25, -0.2) is 0 Å². The maximum absolute atomic E-state index is 11.5. The molecule has 0 saturated heterocycles. The zero-order chi connectivity index (χ0) is 13.2. The standard InChI is InChI=1S/C15H21NO2/c1-2-18-15(17)14(12-16)11-10-13-8-6-4-3-5-7-9-13/h4,6-7,9,13-14H,2-3,5,8,10-11H2,1H3/b6-4-,9-7-. The molecule has 2 unspecified atom stereocenters. The fraction of sp³-hybridized carbons (Fsp3) is 0.600. The summed E-state index contributed by atoms with van der Waals surface area (Å²) in [5.41, 5.74) is 0. The highest BCUT2D eigenvalue weighted by molar-refractivity contribution is 5.75. The molecule has 0 amide bonds. The van der Waals surface area contributed by atoms with E-state index in [9.17, 15) is 4.79 Å². The molecule has 0 aliphatic heterocycles. The number of hydrogen-bond donors (Lipinski definition) is 0. The molecule has 0 fully saturated rings. The van der Waals surface area contributed by atoms with E-state index in [4.69, 9.17) is 10.00 Å². The average molecular weight is 247 g/mol. The van der Waals surface area contributed by atoms with Gasteiger partial charge in [0, 0.05) is 0 Å². The van der Waals surface area contributed by atoms with Gasteiger partial charge in [-0.15, -0.1) is 0 Å². The minimum absolute atomic E-state index is 0.336. The Hall–Kier alpha value is -1.56. The maximum Gasteiger partial charge on any atom is 0.323 e. The molecule has 1 rings (SSSR count). The van der Waals surface area contributed by atoms with E-state index in [0.29, 0.717) is 18.9 Å². The lowest BCUT2D eigenvalue weighted by molar-refractivity contribution is -0.146. The van der Waals surface area contributed by atoms with Gasteiger partial charge in [-0.3, -0.25) is 4.79 Å². The summed E-state index contributed by atoms with van der Waals surface area (Å²) < 4.78 is 4.89. The molecule has 2 atom stereocenters. The van der Waals surface area contributed by atoms with E-state index in [0.717, 1.165) is 25.7 Å². The maximum atomic E-state index is 11.5. The predicted molar refractivity (Wildman–Crippen MR) is 70.6 cm³/mol. The number of ether oxygens (including phenoxy) is 1. The van der Waals surface area contributed by atoms with Gasteiger partial charge in [-0.2, -0.15) is 5.26 Å². The number of rotatable bonds is 5. The molecule has 98 valence electrons. The van der Waals surface area contributed by atoms with Crippen molar-refractivity contribution in [2.24, 2.45) is 11.8 Å². The van der Waals surface area contributed by atoms with E-state index < -0.39 is 5.92 Å². The second kappa shape index (κ2) is 8.52. The largest absolute Gasteiger partial charge is 0.465 e. The predicted octanol–water partition coefficient (Wildman–Crippen LogP) is 3.38. The van der Waals surface area contributed by atoms with Crippen molar-refractivity contribution in [3.05, 3.63) is 24.3 Å². The molecule has 0 bridgehead atoms. The molecule has 18 heavy (non-hydrogen) atoms. The molecule has 0 heterocycles. The Balaban J connectivity index is 2.41. The quantitative estimate of drug-likeness (QED) is 0.552. The van der Waals surface area contributed by atoms with Crippen LogP contribution in [-0.4, -0.2) is 12.6 Å². The lowest BCUT2D eigenvalue weighted by Gasteiger charge is -2.14. The summed E-state index contributed by atoms with van der Waals surface area (Å²) >= 11 is 0. The summed E-state index contributed by atoms with van der Waals surface area (Å²) in [6, 6.07) is 2.04. The van der Waals surface area contributed by atoms with Crippen molar-refractivity contribution in [1.29, 1.82) is 5.26 Å². The lowest BCUT2D eigenvalue weighted by Crippen LogP contribution is -2.17. The van der Waals surface area contributed by atoms with Crippen molar-refractivity contribution in [2.75, 3.05) is 6.61 Å².